The first-order valence-electron chi connectivity index (χ1n) is 6.96. The summed E-state index contributed by atoms with van der Waals surface area (Å²) in [5, 5.41) is 0.449. The second-order valence-corrected chi connectivity index (χ2v) is 5.62. The first-order chi connectivity index (χ1) is 9.16. The number of carbonyl (C=O) groups is 1. The van der Waals surface area contributed by atoms with Gasteiger partial charge in [0, 0.05) is 0 Å². The number of carbonyl (C=O) groups excluding carboxylic acids is 1. The number of likely N-dealkylation sites (tertiary alicyclic amines) is 1. The number of ether oxygens (including phenoxy) is 1. The van der Waals surface area contributed by atoms with Crippen LogP contribution in [0.25, 0.3) is 0 Å². The Morgan fingerprint density at radius 2 is 2.00 bits per heavy atom. The van der Waals surface area contributed by atoms with E-state index in [4.69, 9.17) is 16.3 Å². The van der Waals surface area contributed by atoms with Crippen molar-refractivity contribution in [1.82, 2.24) is 0 Å². The fourth-order valence-corrected chi connectivity index (χ4v) is 2.79. The van der Waals surface area contributed by atoms with Gasteiger partial charge in [-0.3, -0.25) is 0 Å². The molecule has 0 radical (unpaired) electrons. The van der Waals surface area contributed by atoms with Crippen LogP contribution in [-0.2, 0) is 4.74 Å². The smallest absolute Gasteiger partial charge is 0.340 e. The van der Waals surface area contributed by atoms with E-state index in [1.807, 2.05) is 6.92 Å². The van der Waals surface area contributed by atoms with Crippen LogP contribution < -0.4 is 4.90 Å². The fourth-order valence-electron chi connectivity index (χ4n) is 2.58. The summed E-state index contributed by atoms with van der Waals surface area (Å²) in [7, 11) is 0. The van der Waals surface area contributed by atoms with Gasteiger partial charge in [0.15, 0.2) is 0 Å². The topological polar surface area (TPSA) is 30.7 Å². The van der Waals surface area contributed by atoms with E-state index in [0.717, 1.165) is 6.54 Å². The van der Waals surface area contributed by atoms with Gasteiger partial charge in [0.25, 0.3) is 0 Å². The molecule has 4 heteroatoms. The molecule has 1 heterocycles. The molecule has 19 heavy (non-hydrogen) atoms. The predicted molar refractivity (Wildman–Crippen MR) is 75.7 cm³/mol. The SMILES string of the molecule is C[C@@H](C[NH+]1CCCCC1)OC(=O)c1ccccc1Cl. The van der Waals surface area contributed by atoms with Gasteiger partial charge in [-0.15, -0.1) is 0 Å². The number of nitrogens with one attached hydrogen (secondary N) is 1. The maximum atomic E-state index is 12.0. The van der Waals surface area contributed by atoms with Gasteiger partial charge in [0.05, 0.1) is 23.7 Å². The van der Waals surface area contributed by atoms with Gasteiger partial charge in [-0.05, 0) is 38.3 Å². The Labute approximate surface area is 119 Å². The van der Waals surface area contributed by atoms with Gasteiger partial charge in [-0.1, -0.05) is 23.7 Å². The van der Waals surface area contributed by atoms with Crippen LogP contribution in [0.4, 0.5) is 0 Å². The van der Waals surface area contributed by atoms with Gasteiger partial charge in [-0.25, -0.2) is 4.79 Å². The van der Waals surface area contributed by atoms with Crippen LogP contribution in [0.1, 0.15) is 36.5 Å². The molecule has 1 atom stereocenters. The molecule has 1 aliphatic rings. The lowest BCUT2D eigenvalue weighted by molar-refractivity contribution is -0.907. The van der Waals surface area contributed by atoms with E-state index in [9.17, 15) is 4.79 Å². The molecule has 0 aliphatic carbocycles. The summed E-state index contributed by atoms with van der Waals surface area (Å²) in [6.45, 7) is 5.22. The number of hydrogen-bond acceptors (Lipinski definition) is 2. The molecule has 0 unspecified atom stereocenters. The molecular formula is C15H21ClNO2+. The second kappa shape index (κ2) is 6.92. The molecule has 0 amide bonds. The Kier molecular flexibility index (Phi) is 5.23. The monoisotopic (exact) mass is 282 g/mol. The third-order valence-electron chi connectivity index (χ3n) is 3.54. The molecule has 104 valence electrons. The van der Waals surface area contributed by atoms with Crippen molar-refractivity contribution in [2.45, 2.75) is 32.3 Å². The largest absolute Gasteiger partial charge is 0.453 e. The lowest BCUT2D eigenvalue weighted by Gasteiger charge is -2.26. The van der Waals surface area contributed by atoms with Gasteiger partial charge in [-0.2, -0.15) is 0 Å². The van der Waals surface area contributed by atoms with Crippen LogP contribution in [0.15, 0.2) is 24.3 Å². The summed E-state index contributed by atoms with van der Waals surface area (Å²) in [6, 6.07) is 7.01. The quantitative estimate of drug-likeness (QED) is 0.856. The average molecular weight is 283 g/mol. The summed E-state index contributed by atoms with van der Waals surface area (Å²) in [4.78, 5) is 13.5. The molecule has 1 saturated heterocycles. The minimum absolute atomic E-state index is 0.0723. The van der Waals surface area contributed by atoms with Gasteiger partial charge < -0.3 is 9.64 Å². The van der Waals surface area contributed by atoms with Crippen LogP contribution >= 0.6 is 11.6 Å². The Morgan fingerprint density at radius 3 is 2.68 bits per heavy atom. The standard InChI is InChI=1S/C15H20ClNO2/c1-12(11-17-9-5-2-6-10-17)19-15(18)13-7-3-4-8-14(13)16/h3-4,7-8,12H,2,5-6,9-11H2,1H3/p+1/t12-/m0/s1. The summed E-state index contributed by atoms with van der Waals surface area (Å²) in [6.07, 6.45) is 3.81. The molecule has 1 aromatic carbocycles. The Bertz CT molecular complexity index is 430. The minimum Gasteiger partial charge on any atom is -0.453 e. The van der Waals surface area contributed by atoms with Crippen molar-refractivity contribution in [3.8, 4) is 0 Å². The highest BCUT2D eigenvalue weighted by Crippen LogP contribution is 2.16. The highest BCUT2D eigenvalue weighted by molar-refractivity contribution is 6.33. The van der Waals surface area contributed by atoms with Crippen molar-refractivity contribution in [2.75, 3.05) is 19.6 Å². The fraction of sp³-hybridized carbons (Fsp3) is 0.533. The number of quaternary nitrogens is 1. The zero-order valence-electron chi connectivity index (χ0n) is 11.3. The van der Waals surface area contributed by atoms with Crippen LogP contribution in [0.2, 0.25) is 5.02 Å². The number of rotatable bonds is 4. The first-order valence-corrected chi connectivity index (χ1v) is 7.33. The molecule has 0 spiro atoms. The van der Waals surface area contributed by atoms with Crippen molar-refractivity contribution >= 4 is 17.6 Å². The predicted octanol–water partition coefficient (Wildman–Crippen LogP) is 1.95. The van der Waals surface area contributed by atoms with E-state index < -0.39 is 0 Å². The van der Waals surface area contributed by atoms with Crippen molar-refractivity contribution < 1.29 is 14.4 Å². The molecule has 2 rings (SSSR count). The van der Waals surface area contributed by atoms with Gasteiger partial charge in [0.1, 0.15) is 12.6 Å². The van der Waals surface area contributed by atoms with Crippen molar-refractivity contribution in [3.05, 3.63) is 34.9 Å². The molecule has 1 N–H and O–H groups in total. The molecule has 1 aliphatic heterocycles. The summed E-state index contributed by atoms with van der Waals surface area (Å²) in [5.41, 5.74) is 0.449. The third-order valence-corrected chi connectivity index (χ3v) is 3.87. The lowest BCUT2D eigenvalue weighted by atomic mass is 10.1. The van der Waals surface area contributed by atoms with E-state index in [1.165, 1.54) is 37.3 Å². The summed E-state index contributed by atoms with van der Waals surface area (Å²) in [5.74, 6) is -0.325. The van der Waals surface area contributed by atoms with Gasteiger partial charge >= 0.3 is 5.97 Å². The highest BCUT2D eigenvalue weighted by atomic mass is 35.5. The number of benzene rings is 1. The van der Waals surface area contributed by atoms with Gasteiger partial charge in [0.2, 0.25) is 0 Å². The average Bonchev–Trinajstić information content (AvgIpc) is 2.40. The third kappa shape index (κ3) is 4.22. The van der Waals surface area contributed by atoms with Crippen LogP contribution in [-0.4, -0.2) is 31.7 Å². The zero-order valence-corrected chi connectivity index (χ0v) is 12.1. The molecular weight excluding hydrogens is 262 g/mol. The maximum absolute atomic E-state index is 12.0. The van der Waals surface area contributed by atoms with Crippen LogP contribution in [0, 0.1) is 0 Å². The van der Waals surface area contributed by atoms with E-state index in [1.54, 1.807) is 24.3 Å². The summed E-state index contributed by atoms with van der Waals surface area (Å²) >= 11 is 5.99. The van der Waals surface area contributed by atoms with Crippen LogP contribution in [0.3, 0.4) is 0 Å². The van der Waals surface area contributed by atoms with E-state index in [0.29, 0.717) is 10.6 Å². The minimum atomic E-state index is -0.325. The van der Waals surface area contributed by atoms with Crippen molar-refractivity contribution in [3.63, 3.8) is 0 Å². The van der Waals surface area contributed by atoms with Crippen LogP contribution in [0.5, 0.6) is 0 Å². The molecule has 1 aromatic rings. The maximum Gasteiger partial charge on any atom is 0.340 e. The molecule has 3 nitrogen and oxygen atoms in total. The normalized spacial score (nSPS) is 18.0. The lowest BCUT2D eigenvalue weighted by Crippen LogP contribution is -3.13. The Balaban J connectivity index is 1.86. The van der Waals surface area contributed by atoms with Crippen molar-refractivity contribution in [2.24, 2.45) is 0 Å². The first kappa shape index (κ1) is 14.4. The molecule has 0 saturated carbocycles. The molecule has 0 bridgehead atoms. The van der Waals surface area contributed by atoms with Crippen molar-refractivity contribution in [1.29, 1.82) is 0 Å². The van der Waals surface area contributed by atoms with E-state index in [2.05, 4.69) is 0 Å². The Hall–Kier alpha value is -1.06. The number of piperidine rings is 1. The van der Waals surface area contributed by atoms with E-state index in [-0.39, 0.29) is 12.1 Å². The second-order valence-electron chi connectivity index (χ2n) is 5.21. The highest BCUT2D eigenvalue weighted by Gasteiger charge is 2.20. The molecule has 0 aromatic heterocycles. The zero-order chi connectivity index (χ0) is 13.7. The van der Waals surface area contributed by atoms with E-state index >= 15 is 0 Å². The number of halogens is 1. The Morgan fingerprint density at radius 1 is 1.32 bits per heavy atom. The molecule has 1 fully saturated rings. The number of hydrogen-bond donors (Lipinski definition) is 1. The summed E-state index contributed by atoms with van der Waals surface area (Å²) < 4.78 is 5.48. The number of esters is 1.